The lowest BCUT2D eigenvalue weighted by Crippen LogP contribution is -2.11. The van der Waals surface area contributed by atoms with Crippen LogP contribution in [0.2, 0.25) is 0 Å². The summed E-state index contributed by atoms with van der Waals surface area (Å²) in [6.45, 7) is 7.27. The van der Waals surface area contributed by atoms with E-state index >= 15 is 0 Å². The molecule has 0 fully saturated rings. The highest BCUT2D eigenvalue weighted by Crippen LogP contribution is 2.33. The summed E-state index contributed by atoms with van der Waals surface area (Å²) in [7, 11) is 1.67. The van der Waals surface area contributed by atoms with Crippen LogP contribution in [0.15, 0.2) is 18.2 Å². The van der Waals surface area contributed by atoms with Gasteiger partial charge >= 0.3 is 11.7 Å². The Hall–Kier alpha value is -2.90. The molecule has 8 nitrogen and oxygen atoms in total. The number of carbonyl (C=O) groups is 1. The Bertz CT molecular complexity index is 811. The molecule has 0 radical (unpaired) electrons. The second-order valence-electron chi connectivity index (χ2n) is 5.76. The van der Waals surface area contributed by atoms with E-state index in [1.807, 2.05) is 0 Å². The SMILES string of the molecule is CCOC(=O)c1c(C)nc(-c2ccc(OC(C)C)c([N+](=O)[O-])c2)n1C. The topological polar surface area (TPSA) is 96.5 Å². The van der Waals surface area contributed by atoms with Crippen LogP contribution >= 0.6 is 0 Å². The normalized spacial score (nSPS) is 10.8. The van der Waals surface area contributed by atoms with Gasteiger partial charge in [-0.25, -0.2) is 9.78 Å². The third-order valence-corrected chi connectivity index (χ3v) is 3.51. The molecule has 2 rings (SSSR count). The summed E-state index contributed by atoms with van der Waals surface area (Å²) in [5, 5.41) is 11.4. The van der Waals surface area contributed by atoms with Gasteiger partial charge in [-0.15, -0.1) is 0 Å². The van der Waals surface area contributed by atoms with Crippen LogP contribution in [0.1, 0.15) is 37.0 Å². The largest absolute Gasteiger partial charge is 0.484 e. The number of esters is 1. The fourth-order valence-electron chi connectivity index (χ4n) is 2.53. The molecule has 0 N–H and O–H groups in total. The lowest BCUT2D eigenvalue weighted by Gasteiger charge is -2.11. The lowest BCUT2D eigenvalue weighted by molar-refractivity contribution is -0.386. The standard InChI is InChI=1S/C17H21N3O5/c1-6-24-17(21)15-11(4)18-16(19(15)5)12-7-8-14(25-10(2)3)13(9-12)20(22)23/h7-10H,6H2,1-5H3. The summed E-state index contributed by atoms with van der Waals surface area (Å²) in [6, 6.07) is 4.62. The van der Waals surface area contributed by atoms with Gasteiger partial charge in [0.25, 0.3) is 0 Å². The lowest BCUT2D eigenvalue weighted by atomic mass is 10.1. The van der Waals surface area contributed by atoms with Gasteiger partial charge in [-0.3, -0.25) is 10.1 Å². The number of carbonyl (C=O) groups excluding carboxylic acids is 1. The van der Waals surface area contributed by atoms with Gasteiger partial charge in [-0.1, -0.05) is 0 Å². The van der Waals surface area contributed by atoms with Crippen molar-refractivity contribution in [3.8, 4) is 17.1 Å². The Kier molecular flexibility index (Phi) is 5.41. The Morgan fingerprint density at radius 3 is 2.64 bits per heavy atom. The Balaban J connectivity index is 2.52. The van der Waals surface area contributed by atoms with E-state index in [1.165, 1.54) is 6.07 Å². The van der Waals surface area contributed by atoms with Crippen LogP contribution in [-0.4, -0.2) is 33.2 Å². The number of aryl methyl sites for hydroxylation is 1. The number of aromatic nitrogens is 2. The second-order valence-corrected chi connectivity index (χ2v) is 5.76. The minimum Gasteiger partial charge on any atom is -0.484 e. The van der Waals surface area contributed by atoms with Gasteiger partial charge in [-0.05, 0) is 39.8 Å². The number of benzene rings is 1. The second kappa shape index (κ2) is 7.33. The van der Waals surface area contributed by atoms with E-state index in [2.05, 4.69) is 4.98 Å². The number of ether oxygens (including phenoxy) is 2. The van der Waals surface area contributed by atoms with E-state index < -0.39 is 10.9 Å². The van der Waals surface area contributed by atoms with Crippen molar-refractivity contribution in [3.63, 3.8) is 0 Å². The highest BCUT2D eigenvalue weighted by atomic mass is 16.6. The summed E-state index contributed by atoms with van der Waals surface area (Å²) in [4.78, 5) is 27.3. The monoisotopic (exact) mass is 347 g/mol. The average Bonchev–Trinajstić information content (AvgIpc) is 2.82. The minimum absolute atomic E-state index is 0.149. The van der Waals surface area contributed by atoms with Crippen LogP contribution in [0.25, 0.3) is 11.4 Å². The first-order valence-corrected chi connectivity index (χ1v) is 7.92. The molecule has 1 heterocycles. The molecule has 134 valence electrons. The van der Waals surface area contributed by atoms with Crippen LogP contribution < -0.4 is 4.74 Å². The summed E-state index contributed by atoms with van der Waals surface area (Å²) >= 11 is 0. The fraction of sp³-hybridized carbons (Fsp3) is 0.412. The van der Waals surface area contributed by atoms with E-state index in [9.17, 15) is 14.9 Å². The highest BCUT2D eigenvalue weighted by Gasteiger charge is 2.23. The molecule has 0 spiro atoms. The van der Waals surface area contributed by atoms with E-state index in [-0.39, 0.29) is 24.1 Å². The van der Waals surface area contributed by atoms with Crippen molar-refractivity contribution < 1.29 is 19.2 Å². The zero-order valence-corrected chi connectivity index (χ0v) is 14.9. The predicted octanol–water partition coefficient (Wildman–Crippen LogP) is 3.27. The summed E-state index contributed by atoms with van der Waals surface area (Å²) in [6.07, 6.45) is -0.185. The number of nitro groups is 1. The maximum atomic E-state index is 12.1. The van der Waals surface area contributed by atoms with Crippen molar-refractivity contribution in [1.29, 1.82) is 0 Å². The Morgan fingerprint density at radius 1 is 1.40 bits per heavy atom. The minimum atomic E-state index is -0.497. The van der Waals surface area contributed by atoms with Crippen molar-refractivity contribution in [3.05, 3.63) is 39.7 Å². The summed E-state index contributed by atoms with van der Waals surface area (Å²) in [5.41, 5.74) is 1.19. The zero-order valence-electron chi connectivity index (χ0n) is 14.9. The Morgan fingerprint density at radius 2 is 2.08 bits per heavy atom. The molecule has 0 amide bonds. The Labute approximate surface area is 145 Å². The fourth-order valence-corrected chi connectivity index (χ4v) is 2.53. The third-order valence-electron chi connectivity index (χ3n) is 3.51. The van der Waals surface area contributed by atoms with Crippen LogP contribution in [0.3, 0.4) is 0 Å². The number of hydrogen-bond acceptors (Lipinski definition) is 6. The van der Waals surface area contributed by atoms with Crippen LogP contribution in [0.5, 0.6) is 5.75 Å². The number of hydrogen-bond donors (Lipinski definition) is 0. The van der Waals surface area contributed by atoms with Gasteiger partial charge < -0.3 is 14.0 Å². The molecule has 1 aromatic carbocycles. The maximum absolute atomic E-state index is 12.1. The molecule has 0 unspecified atom stereocenters. The van der Waals surface area contributed by atoms with E-state index in [4.69, 9.17) is 9.47 Å². The molecule has 8 heteroatoms. The number of rotatable bonds is 6. The predicted molar refractivity (Wildman–Crippen MR) is 91.8 cm³/mol. The summed E-state index contributed by atoms with van der Waals surface area (Å²) < 4.78 is 12.1. The summed E-state index contributed by atoms with van der Waals surface area (Å²) in [5.74, 6) is 0.163. The van der Waals surface area contributed by atoms with E-state index in [1.54, 1.807) is 51.4 Å². The van der Waals surface area contributed by atoms with Crippen molar-refractivity contribution in [1.82, 2.24) is 9.55 Å². The first kappa shape index (κ1) is 18.4. The molecular weight excluding hydrogens is 326 g/mol. The van der Waals surface area contributed by atoms with Gasteiger partial charge in [0, 0.05) is 18.7 Å². The van der Waals surface area contributed by atoms with Crippen molar-refractivity contribution in [2.75, 3.05) is 6.61 Å². The molecule has 1 aromatic heterocycles. The molecule has 0 aliphatic heterocycles. The molecule has 0 saturated heterocycles. The van der Waals surface area contributed by atoms with Gasteiger partial charge in [-0.2, -0.15) is 0 Å². The molecule has 0 saturated carbocycles. The van der Waals surface area contributed by atoms with Gasteiger partial charge in [0.15, 0.2) is 5.75 Å². The van der Waals surface area contributed by atoms with Crippen molar-refractivity contribution in [2.24, 2.45) is 7.05 Å². The molecule has 0 atom stereocenters. The first-order chi connectivity index (χ1) is 11.8. The number of nitro benzene ring substituents is 1. The number of nitrogens with zero attached hydrogens (tertiary/aromatic N) is 3. The van der Waals surface area contributed by atoms with E-state index in [0.717, 1.165) is 0 Å². The molecule has 2 aromatic rings. The van der Waals surface area contributed by atoms with E-state index in [0.29, 0.717) is 22.8 Å². The zero-order chi connectivity index (χ0) is 18.7. The molecular formula is C17H21N3O5. The molecule has 25 heavy (non-hydrogen) atoms. The van der Waals surface area contributed by atoms with Crippen LogP contribution in [0, 0.1) is 17.0 Å². The smallest absolute Gasteiger partial charge is 0.356 e. The highest BCUT2D eigenvalue weighted by molar-refractivity contribution is 5.90. The van der Waals surface area contributed by atoms with Crippen molar-refractivity contribution >= 4 is 11.7 Å². The average molecular weight is 347 g/mol. The molecule has 0 aliphatic rings. The van der Waals surface area contributed by atoms with Crippen LogP contribution in [-0.2, 0) is 11.8 Å². The third kappa shape index (κ3) is 3.78. The molecule has 0 aliphatic carbocycles. The van der Waals surface area contributed by atoms with Crippen LogP contribution in [0.4, 0.5) is 5.69 Å². The first-order valence-electron chi connectivity index (χ1n) is 7.92. The van der Waals surface area contributed by atoms with Gasteiger partial charge in [0.05, 0.1) is 23.3 Å². The van der Waals surface area contributed by atoms with Gasteiger partial charge in [0.2, 0.25) is 0 Å². The van der Waals surface area contributed by atoms with Crippen molar-refractivity contribution in [2.45, 2.75) is 33.8 Å². The number of imidazole rings is 1. The maximum Gasteiger partial charge on any atom is 0.356 e. The molecule has 0 bridgehead atoms. The van der Waals surface area contributed by atoms with Gasteiger partial charge in [0.1, 0.15) is 11.5 Å². The quantitative estimate of drug-likeness (QED) is 0.452.